The molecule has 0 spiro atoms. The lowest BCUT2D eigenvalue weighted by atomic mass is 10.1. The smallest absolute Gasteiger partial charge is 0.277 e. The summed E-state index contributed by atoms with van der Waals surface area (Å²) in [5.74, 6) is 1.16. The zero-order chi connectivity index (χ0) is 16.9. The molecule has 1 atom stereocenters. The van der Waals surface area contributed by atoms with Gasteiger partial charge in [-0.15, -0.1) is 0 Å². The fourth-order valence-corrected chi connectivity index (χ4v) is 3.03. The number of rotatable bonds is 2. The molecule has 0 saturated heterocycles. The van der Waals surface area contributed by atoms with E-state index in [1.165, 1.54) is 19.1 Å². The molecule has 7 nitrogen and oxygen atoms in total. The maximum Gasteiger partial charge on any atom is 0.277 e. The lowest BCUT2D eigenvalue weighted by molar-refractivity contribution is 0.466. The molecule has 2 aromatic heterocycles. The number of aromatic nitrogens is 4. The lowest BCUT2D eigenvalue weighted by Crippen LogP contribution is -2.29. The summed E-state index contributed by atoms with van der Waals surface area (Å²) in [7, 11) is -4.26. The van der Waals surface area contributed by atoms with Gasteiger partial charge in [-0.2, -0.15) is 8.42 Å². The molecule has 24 heavy (non-hydrogen) atoms. The lowest BCUT2D eigenvalue weighted by Gasteiger charge is -2.16. The molecule has 1 unspecified atom stereocenters. The van der Waals surface area contributed by atoms with Gasteiger partial charge in [0.05, 0.1) is 22.4 Å². The number of aromatic amines is 2. The van der Waals surface area contributed by atoms with E-state index in [0.717, 1.165) is 11.0 Å². The number of benzene rings is 1. The van der Waals surface area contributed by atoms with Gasteiger partial charge in [-0.25, -0.2) is 9.97 Å². The second-order valence-electron chi connectivity index (χ2n) is 5.81. The molecule has 3 N–H and O–H groups in total. The molecule has 2 heterocycles. The number of nitrogens with zero attached hydrogens (tertiary/aromatic N) is 2. The number of nitrogens with one attached hydrogen (secondary N) is 2. The fourth-order valence-electron chi connectivity index (χ4n) is 2.55. The second-order valence-corrected chi connectivity index (χ2v) is 7.64. The summed E-state index contributed by atoms with van der Waals surface area (Å²) in [6.45, 7) is 1.42. The van der Waals surface area contributed by atoms with Gasteiger partial charge < -0.3 is 9.97 Å². The molecule has 1 aliphatic rings. The van der Waals surface area contributed by atoms with E-state index >= 15 is 0 Å². The van der Waals surface area contributed by atoms with Crippen LogP contribution in [-0.4, -0.2) is 37.7 Å². The molecular formula is C16H14N4O3S. The van der Waals surface area contributed by atoms with Crippen LogP contribution in [0.25, 0.3) is 34.8 Å². The van der Waals surface area contributed by atoms with E-state index in [1.807, 2.05) is 24.3 Å². The van der Waals surface area contributed by atoms with Crippen LogP contribution in [0, 0.1) is 0 Å². The van der Waals surface area contributed by atoms with Gasteiger partial charge in [-0.3, -0.25) is 4.55 Å². The predicted molar refractivity (Wildman–Crippen MR) is 91.7 cm³/mol. The fraction of sp³-hybridized carbons (Fsp3) is 0.125. The topological polar surface area (TPSA) is 112 Å². The summed E-state index contributed by atoms with van der Waals surface area (Å²) < 4.78 is 31.0. The molecule has 122 valence electrons. The highest BCUT2D eigenvalue weighted by Crippen LogP contribution is 2.28. The summed E-state index contributed by atoms with van der Waals surface area (Å²) in [4.78, 5) is 15.3. The van der Waals surface area contributed by atoms with Crippen LogP contribution in [0.2, 0.25) is 0 Å². The number of H-pyrrole nitrogens is 2. The summed E-state index contributed by atoms with van der Waals surface area (Å²) in [6.07, 6.45) is 6.01. The summed E-state index contributed by atoms with van der Waals surface area (Å²) in [6, 6.07) is 7.66. The standard InChI is InChI=1S/C16H14N4O3S/c1-16(24(21,22)23)8-6-12-13(7-9-16)20-15(19-12)14-17-10-4-2-3-5-11(10)18-14/h2-9H,1H3,(H,17,18)(H,19,20)(H,21,22,23). The van der Waals surface area contributed by atoms with Crippen LogP contribution in [0.5, 0.6) is 0 Å². The van der Waals surface area contributed by atoms with Crippen molar-refractivity contribution >= 4 is 33.3 Å². The third kappa shape index (κ3) is 2.27. The maximum absolute atomic E-state index is 11.5. The summed E-state index contributed by atoms with van der Waals surface area (Å²) >= 11 is 0. The van der Waals surface area contributed by atoms with Crippen molar-refractivity contribution in [1.29, 1.82) is 0 Å². The van der Waals surface area contributed by atoms with Crippen molar-refractivity contribution in [2.24, 2.45) is 0 Å². The number of fused-ring (bicyclic) bond motifs is 2. The third-order valence-corrected chi connectivity index (χ3v) is 5.47. The Kier molecular flexibility index (Phi) is 3.03. The van der Waals surface area contributed by atoms with Gasteiger partial charge in [-0.05, 0) is 31.2 Å². The van der Waals surface area contributed by atoms with Crippen LogP contribution >= 0.6 is 0 Å². The molecule has 0 aliphatic heterocycles. The molecule has 0 saturated carbocycles. The van der Waals surface area contributed by atoms with E-state index in [2.05, 4.69) is 19.9 Å². The van der Waals surface area contributed by atoms with Gasteiger partial charge in [0.15, 0.2) is 11.6 Å². The Balaban J connectivity index is 1.77. The minimum absolute atomic E-state index is 0.556. The van der Waals surface area contributed by atoms with Gasteiger partial charge in [-0.1, -0.05) is 24.3 Å². The first kappa shape index (κ1) is 14.9. The maximum atomic E-state index is 11.5. The van der Waals surface area contributed by atoms with E-state index in [9.17, 15) is 13.0 Å². The zero-order valence-electron chi connectivity index (χ0n) is 12.7. The Morgan fingerprint density at radius 3 is 2.50 bits per heavy atom. The van der Waals surface area contributed by atoms with Crippen LogP contribution in [0.4, 0.5) is 0 Å². The van der Waals surface area contributed by atoms with Gasteiger partial charge in [0, 0.05) is 0 Å². The van der Waals surface area contributed by atoms with E-state index in [0.29, 0.717) is 23.0 Å². The van der Waals surface area contributed by atoms with Crippen LogP contribution in [-0.2, 0) is 10.1 Å². The van der Waals surface area contributed by atoms with Crippen molar-refractivity contribution in [3.8, 4) is 11.6 Å². The van der Waals surface area contributed by atoms with E-state index in [4.69, 9.17) is 0 Å². The van der Waals surface area contributed by atoms with Crippen molar-refractivity contribution in [3.05, 3.63) is 47.8 Å². The number of imidazole rings is 2. The molecular weight excluding hydrogens is 328 g/mol. The van der Waals surface area contributed by atoms with E-state index < -0.39 is 14.9 Å². The largest absolute Gasteiger partial charge is 0.335 e. The number of para-hydroxylation sites is 2. The van der Waals surface area contributed by atoms with Crippen LogP contribution < -0.4 is 0 Å². The summed E-state index contributed by atoms with van der Waals surface area (Å²) in [5, 5.41) is 0. The molecule has 3 aromatic rings. The molecule has 0 bridgehead atoms. The Bertz CT molecular complexity index is 1040. The number of hydrogen-bond donors (Lipinski definition) is 3. The van der Waals surface area contributed by atoms with Gasteiger partial charge in [0.1, 0.15) is 4.75 Å². The van der Waals surface area contributed by atoms with Gasteiger partial charge in [0.25, 0.3) is 10.1 Å². The van der Waals surface area contributed by atoms with E-state index in [1.54, 1.807) is 12.2 Å². The van der Waals surface area contributed by atoms with Crippen molar-refractivity contribution in [2.45, 2.75) is 11.7 Å². The first-order chi connectivity index (χ1) is 11.4. The van der Waals surface area contributed by atoms with Crippen LogP contribution in [0.3, 0.4) is 0 Å². The monoisotopic (exact) mass is 342 g/mol. The third-order valence-electron chi connectivity index (χ3n) is 4.08. The quantitative estimate of drug-likeness (QED) is 0.620. The highest BCUT2D eigenvalue weighted by molar-refractivity contribution is 7.87. The molecule has 1 aliphatic carbocycles. The van der Waals surface area contributed by atoms with Gasteiger partial charge in [0.2, 0.25) is 0 Å². The molecule has 0 fully saturated rings. The molecule has 0 amide bonds. The number of hydrogen-bond acceptors (Lipinski definition) is 4. The Morgan fingerprint density at radius 1 is 1.04 bits per heavy atom. The molecule has 4 rings (SSSR count). The van der Waals surface area contributed by atoms with Crippen LogP contribution in [0.15, 0.2) is 36.4 Å². The average Bonchev–Trinajstić information content (AvgIpc) is 3.10. The minimum Gasteiger partial charge on any atom is -0.335 e. The normalized spacial score (nSPS) is 16.2. The first-order valence-corrected chi connectivity index (χ1v) is 8.70. The predicted octanol–water partition coefficient (Wildman–Crippen LogP) is 2.64. The Morgan fingerprint density at radius 2 is 1.75 bits per heavy atom. The first-order valence-electron chi connectivity index (χ1n) is 7.26. The van der Waals surface area contributed by atoms with Crippen LogP contribution in [0.1, 0.15) is 18.3 Å². The Hall–Kier alpha value is -2.71. The second kappa shape index (κ2) is 4.89. The molecule has 0 radical (unpaired) electrons. The minimum atomic E-state index is -4.26. The van der Waals surface area contributed by atoms with Crippen molar-refractivity contribution in [3.63, 3.8) is 0 Å². The zero-order valence-corrected chi connectivity index (χ0v) is 13.5. The van der Waals surface area contributed by atoms with Crippen molar-refractivity contribution in [2.75, 3.05) is 0 Å². The SMILES string of the molecule is CC1(S(=O)(=O)O)C=Cc2nc(-c3nc4ccccc4[nH]3)[nH]c2C=C1. The van der Waals surface area contributed by atoms with Crippen molar-refractivity contribution < 1.29 is 13.0 Å². The molecule has 8 heteroatoms. The highest BCUT2D eigenvalue weighted by atomic mass is 32.2. The summed E-state index contributed by atoms with van der Waals surface area (Å²) in [5.41, 5.74) is 2.97. The average molecular weight is 342 g/mol. The van der Waals surface area contributed by atoms with Gasteiger partial charge >= 0.3 is 0 Å². The highest BCUT2D eigenvalue weighted by Gasteiger charge is 2.34. The molecule has 1 aromatic carbocycles. The Labute approximate surface area is 137 Å². The van der Waals surface area contributed by atoms with E-state index in [-0.39, 0.29) is 0 Å². The van der Waals surface area contributed by atoms with Crippen molar-refractivity contribution in [1.82, 2.24) is 19.9 Å².